The maximum Gasteiger partial charge on any atom is 0.339 e. The number of halogens is 2. The first-order valence-electron chi connectivity index (χ1n) is 6.89. The van der Waals surface area contributed by atoms with Crippen molar-refractivity contribution in [1.82, 2.24) is 0 Å². The summed E-state index contributed by atoms with van der Waals surface area (Å²) in [6, 6.07) is 11.7. The van der Waals surface area contributed by atoms with E-state index in [0.717, 1.165) is 5.56 Å². The lowest BCUT2D eigenvalue weighted by molar-refractivity contribution is 0.468. The molecule has 0 aliphatic rings. The maximum atomic E-state index is 12.5. The molecule has 0 unspecified atom stereocenters. The molecule has 0 aromatic heterocycles. The van der Waals surface area contributed by atoms with Crippen LogP contribution < -0.4 is 4.18 Å². The topological polar surface area (TPSA) is 63.6 Å². The average Bonchev–Trinajstić information content (AvgIpc) is 2.50. The summed E-state index contributed by atoms with van der Waals surface area (Å²) in [6.45, 7) is 1.88. The molecule has 0 saturated carbocycles. The third-order valence-corrected chi connectivity index (χ3v) is 5.27. The quantitative estimate of drug-likeness (QED) is 0.652. The van der Waals surface area contributed by atoms with E-state index in [9.17, 15) is 13.5 Å². The van der Waals surface area contributed by atoms with Gasteiger partial charge in [-0.05, 0) is 61.0 Å². The van der Waals surface area contributed by atoms with Crippen molar-refractivity contribution in [2.24, 2.45) is 0 Å². The second kappa shape index (κ2) is 6.16. The minimum Gasteiger partial charge on any atom is -0.508 e. The van der Waals surface area contributed by atoms with Crippen molar-refractivity contribution in [3.8, 4) is 11.5 Å². The van der Waals surface area contributed by atoms with Crippen LogP contribution in [0.2, 0.25) is 10.0 Å². The summed E-state index contributed by atoms with van der Waals surface area (Å²) in [7, 11) is -4.09. The van der Waals surface area contributed by atoms with E-state index in [1.807, 2.05) is 13.0 Å². The Bertz CT molecular complexity index is 1030. The zero-order valence-corrected chi connectivity index (χ0v) is 14.8. The van der Waals surface area contributed by atoms with Gasteiger partial charge in [0, 0.05) is 20.8 Å². The van der Waals surface area contributed by atoms with Crippen molar-refractivity contribution in [1.29, 1.82) is 0 Å². The first-order valence-corrected chi connectivity index (χ1v) is 9.05. The molecule has 124 valence electrons. The summed E-state index contributed by atoms with van der Waals surface area (Å²) in [5.74, 6) is 0.0923. The first kappa shape index (κ1) is 16.9. The molecule has 0 bridgehead atoms. The predicted octanol–water partition coefficient (Wildman–Crippen LogP) is 4.93. The van der Waals surface area contributed by atoms with E-state index in [4.69, 9.17) is 27.4 Å². The summed E-state index contributed by atoms with van der Waals surface area (Å²) >= 11 is 12.4. The van der Waals surface area contributed by atoms with E-state index < -0.39 is 10.1 Å². The van der Waals surface area contributed by atoms with Gasteiger partial charge in [-0.1, -0.05) is 23.2 Å². The minimum atomic E-state index is -4.09. The normalized spacial score (nSPS) is 11.6. The Kier molecular flexibility index (Phi) is 4.34. The zero-order valence-electron chi connectivity index (χ0n) is 12.5. The fourth-order valence-electron chi connectivity index (χ4n) is 2.31. The molecule has 0 aliphatic heterocycles. The molecule has 7 heteroatoms. The number of hydrogen-bond acceptors (Lipinski definition) is 4. The van der Waals surface area contributed by atoms with Gasteiger partial charge in [-0.25, -0.2) is 0 Å². The van der Waals surface area contributed by atoms with E-state index in [2.05, 4.69) is 0 Å². The van der Waals surface area contributed by atoms with Crippen LogP contribution in [0.15, 0.2) is 53.4 Å². The highest BCUT2D eigenvalue weighted by molar-refractivity contribution is 7.87. The molecule has 0 aliphatic carbocycles. The molecule has 3 rings (SSSR count). The van der Waals surface area contributed by atoms with Gasteiger partial charge in [0.1, 0.15) is 16.4 Å². The number of fused-ring (bicyclic) bond motifs is 1. The Hall–Kier alpha value is -1.95. The molecule has 0 spiro atoms. The monoisotopic (exact) mass is 382 g/mol. The van der Waals surface area contributed by atoms with Crippen molar-refractivity contribution >= 4 is 44.1 Å². The second-order valence-corrected chi connectivity index (χ2v) is 7.64. The van der Waals surface area contributed by atoms with Crippen LogP contribution in [-0.2, 0) is 10.1 Å². The van der Waals surface area contributed by atoms with Crippen LogP contribution in [0.25, 0.3) is 10.8 Å². The van der Waals surface area contributed by atoms with Crippen LogP contribution in [0.4, 0.5) is 0 Å². The van der Waals surface area contributed by atoms with E-state index in [1.54, 1.807) is 6.07 Å². The van der Waals surface area contributed by atoms with Crippen LogP contribution in [0.5, 0.6) is 11.5 Å². The van der Waals surface area contributed by atoms with Gasteiger partial charge in [-0.15, -0.1) is 0 Å². The molecule has 3 aromatic rings. The van der Waals surface area contributed by atoms with Crippen molar-refractivity contribution in [3.05, 3.63) is 64.1 Å². The van der Waals surface area contributed by atoms with Crippen molar-refractivity contribution < 1.29 is 17.7 Å². The number of phenols is 1. The predicted molar refractivity (Wildman–Crippen MR) is 94.6 cm³/mol. The summed E-state index contributed by atoms with van der Waals surface area (Å²) in [5, 5.41) is 11.1. The van der Waals surface area contributed by atoms with Crippen molar-refractivity contribution in [2.75, 3.05) is 0 Å². The fourth-order valence-corrected chi connectivity index (χ4v) is 3.96. The average molecular weight is 383 g/mol. The number of rotatable bonds is 3. The maximum absolute atomic E-state index is 12.5. The second-order valence-electron chi connectivity index (χ2n) is 5.28. The molecule has 0 fully saturated rings. The molecule has 1 N–H and O–H groups in total. The zero-order chi connectivity index (χ0) is 17.5. The molecule has 3 aromatic carbocycles. The van der Waals surface area contributed by atoms with Crippen LogP contribution in [0, 0.1) is 6.92 Å². The van der Waals surface area contributed by atoms with Crippen LogP contribution >= 0.6 is 23.2 Å². The third kappa shape index (κ3) is 3.29. The molecule has 0 atom stereocenters. The van der Waals surface area contributed by atoms with E-state index in [-0.39, 0.29) is 21.4 Å². The molecule has 0 heterocycles. The van der Waals surface area contributed by atoms with Gasteiger partial charge in [0.15, 0.2) is 0 Å². The first-order chi connectivity index (χ1) is 11.3. The molecule has 0 radical (unpaired) electrons. The Labute approximate surface area is 149 Å². The van der Waals surface area contributed by atoms with Crippen molar-refractivity contribution in [3.63, 3.8) is 0 Å². The molecule has 0 amide bonds. The van der Waals surface area contributed by atoms with Gasteiger partial charge in [0.2, 0.25) is 0 Å². The highest BCUT2D eigenvalue weighted by Crippen LogP contribution is 2.34. The van der Waals surface area contributed by atoms with E-state index >= 15 is 0 Å². The number of aromatic hydroxyl groups is 1. The third-order valence-electron chi connectivity index (χ3n) is 3.42. The summed E-state index contributed by atoms with van der Waals surface area (Å²) < 4.78 is 30.0. The highest BCUT2D eigenvalue weighted by atomic mass is 35.5. The lowest BCUT2D eigenvalue weighted by Gasteiger charge is -2.10. The van der Waals surface area contributed by atoms with E-state index in [1.165, 1.54) is 36.4 Å². The van der Waals surface area contributed by atoms with Gasteiger partial charge in [-0.2, -0.15) is 8.42 Å². The van der Waals surface area contributed by atoms with Gasteiger partial charge in [0.05, 0.1) is 0 Å². The Morgan fingerprint density at radius 1 is 0.917 bits per heavy atom. The van der Waals surface area contributed by atoms with E-state index in [0.29, 0.717) is 15.8 Å². The molecule has 4 nitrogen and oxygen atoms in total. The summed E-state index contributed by atoms with van der Waals surface area (Å²) in [6.07, 6.45) is 0. The van der Waals surface area contributed by atoms with Gasteiger partial charge >= 0.3 is 10.1 Å². The smallest absolute Gasteiger partial charge is 0.339 e. The Morgan fingerprint density at radius 3 is 2.17 bits per heavy atom. The molecule has 0 saturated heterocycles. The number of phenolic OH excluding ortho intramolecular Hbond substituents is 1. The van der Waals surface area contributed by atoms with Crippen LogP contribution in [0.3, 0.4) is 0 Å². The van der Waals surface area contributed by atoms with Gasteiger partial charge in [0.25, 0.3) is 0 Å². The molecular formula is C17H12Cl2O4S. The van der Waals surface area contributed by atoms with Crippen LogP contribution in [0.1, 0.15) is 5.56 Å². The Morgan fingerprint density at radius 2 is 1.50 bits per heavy atom. The number of aryl methyl sites for hydroxylation is 1. The van der Waals surface area contributed by atoms with Crippen LogP contribution in [-0.4, -0.2) is 13.5 Å². The number of benzene rings is 3. The summed E-state index contributed by atoms with van der Waals surface area (Å²) in [4.78, 5) is -0.0983. The molecular weight excluding hydrogens is 371 g/mol. The largest absolute Gasteiger partial charge is 0.508 e. The minimum absolute atomic E-state index is 0.00986. The van der Waals surface area contributed by atoms with Crippen molar-refractivity contribution in [2.45, 2.75) is 11.8 Å². The molecule has 24 heavy (non-hydrogen) atoms. The Balaban J connectivity index is 2.09. The lowest BCUT2D eigenvalue weighted by Crippen LogP contribution is -2.09. The SMILES string of the molecule is Cc1cc(Cl)c2cc(S(=O)(=O)Oc3ccc(O)cc3)cc(Cl)c2c1. The fraction of sp³-hybridized carbons (Fsp3) is 0.0588. The summed E-state index contributed by atoms with van der Waals surface area (Å²) in [5.41, 5.74) is 0.922. The highest BCUT2D eigenvalue weighted by Gasteiger charge is 2.20. The lowest BCUT2D eigenvalue weighted by atomic mass is 10.1. The van der Waals surface area contributed by atoms with Gasteiger partial charge in [-0.3, -0.25) is 0 Å². The van der Waals surface area contributed by atoms with Gasteiger partial charge < -0.3 is 9.29 Å². The standard InChI is InChI=1S/C17H12Cl2O4S/c1-10-6-14-15(16(18)7-10)8-13(9-17(14)19)24(21,22)23-12-4-2-11(20)3-5-12/h2-9,20H,1H3. The number of hydrogen-bond donors (Lipinski definition) is 1.